The lowest BCUT2D eigenvalue weighted by atomic mass is 9.95. The molecule has 0 spiro atoms. The highest BCUT2D eigenvalue weighted by Gasteiger charge is 2.44. The van der Waals surface area contributed by atoms with E-state index in [-0.39, 0.29) is 28.4 Å². The van der Waals surface area contributed by atoms with Gasteiger partial charge in [0.15, 0.2) is 0 Å². The number of nitro benzene ring substituents is 1. The monoisotopic (exact) mass is 473 g/mol. The summed E-state index contributed by atoms with van der Waals surface area (Å²) in [5.41, 5.74) is -0.00858. The maximum atomic E-state index is 13.4. The highest BCUT2D eigenvalue weighted by molar-refractivity contribution is 6.46. The van der Waals surface area contributed by atoms with Crippen LogP contribution in [0.25, 0.3) is 5.76 Å². The quantitative estimate of drug-likeness (QED) is 0.201. The molecular weight excluding hydrogens is 450 g/mol. The second-order valence-electron chi connectivity index (χ2n) is 7.99. The Morgan fingerprint density at radius 3 is 2.55 bits per heavy atom. The summed E-state index contributed by atoms with van der Waals surface area (Å²) in [5, 5.41) is 24.9. The Morgan fingerprint density at radius 2 is 1.94 bits per heavy atom. The molecule has 33 heavy (non-hydrogen) atoms. The SMILES string of the molecule is COc1ccc(/C([O-])=C2\C(=O)C(=O)N(CCC[NH+](C)C)C2c2cccc([N+](=O)[O-])c2)cc1Cl. The van der Waals surface area contributed by atoms with Crippen LogP contribution in [0.1, 0.15) is 23.6 Å². The number of non-ortho nitro benzene ring substituents is 1. The van der Waals surface area contributed by atoms with E-state index in [2.05, 4.69) is 0 Å². The van der Waals surface area contributed by atoms with Gasteiger partial charge in [-0.3, -0.25) is 19.7 Å². The van der Waals surface area contributed by atoms with Gasteiger partial charge in [0.1, 0.15) is 5.75 Å². The molecule has 0 aromatic heterocycles. The zero-order valence-corrected chi connectivity index (χ0v) is 19.2. The van der Waals surface area contributed by atoms with E-state index in [0.717, 1.165) is 11.4 Å². The summed E-state index contributed by atoms with van der Waals surface area (Å²) in [6.45, 7) is 0.959. The van der Waals surface area contributed by atoms with Crippen molar-refractivity contribution in [3.05, 3.63) is 74.3 Å². The fourth-order valence-corrected chi connectivity index (χ4v) is 4.08. The summed E-state index contributed by atoms with van der Waals surface area (Å²) in [5.74, 6) is -2.02. The van der Waals surface area contributed by atoms with Crippen LogP contribution in [0.5, 0.6) is 5.75 Å². The molecule has 1 saturated heterocycles. The Morgan fingerprint density at radius 1 is 1.21 bits per heavy atom. The number of benzene rings is 2. The number of ether oxygens (including phenoxy) is 1. The molecule has 3 rings (SSSR count). The Kier molecular flexibility index (Phi) is 7.35. The fourth-order valence-electron chi connectivity index (χ4n) is 3.82. The van der Waals surface area contributed by atoms with Gasteiger partial charge in [0.25, 0.3) is 11.6 Å². The van der Waals surface area contributed by atoms with E-state index in [4.69, 9.17) is 16.3 Å². The first-order valence-electron chi connectivity index (χ1n) is 10.3. The number of nitro groups is 1. The fraction of sp³-hybridized carbons (Fsp3) is 0.304. The first-order valence-corrected chi connectivity index (χ1v) is 10.7. The van der Waals surface area contributed by atoms with Gasteiger partial charge in [-0.05, 0) is 23.3 Å². The molecule has 1 fully saturated rings. The molecule has 0 aliphatic carbocycles. The topological polar surface area (TPSA) is 117 Å². The van der Waals surface area contributed by atoms with Crippen molar-refractivity contribution in [2.24, 2.45) is 0 Å². The molecule has 1 N–H and O–H groups in total. The van der Waals surface area contributed by atoms with Crippen molar-refractivity contribution >= 4 is 34.7 Å². The van der Waals surface area contributed by atoms with Crippen molar-refractivity contribution in [3.8, 4) is 5.75 Å². The van der Waals surface area contributed by atoms with Crippen molar-refractivity contribution in [1.82, 2.24) is 4.90 Å². The zero-order valence-electron chi connectivity index (χ0n) is 18.5. The van der Waals surface area contributed by atoms with Crippen LogP contribution in [-0.2, 0) is 9.59 Å². The van der Waals surface area contributed by atoms with Gasteiger partial charge in [0, 0.05) is 30.7 Å². The van der Waals surface area contributed by atoms with Crippen LogP contribution < -0.4 is 14.7 Å². The number of quaternary nitrogens is 1. The Bertz CT molecular complexity index is 1130. The molecule has 2 aromatic rings. The summed E-state index contributed by atoms with van der Waals surface area (Å²) in [7, 11) is 5.36. The van der Waals surface area contributed by atoms with Gasteiger partial charge in [-0.15, -0.1) is 0 Å². The number of amides is 1. The number of ketones is 1. The minimum atomic E-state index is -1.03. The lowest BCUT2D eigenvalue weighted by Gasteiger charge is -2.27. The zero-order chi connectivity index (χ0) is 24.3. The number of carbonyl (C=O) groups is 2. The third-order valence-electron chi connectivity index (χ3n) is 5.42. The highest BCUT2D eigenvalue weighted by atomic mass is 35.5. The van der Waals surface area contributed by atoms with Crippen LogP contribution in [0.3, 0.4) is 0 Å². The van der Waals surface area contributed by atoms with E-state index < -0.39 is 28.4 Å². The smallest absolute Gasteiger partial charge is 0.295 e. The predicted molar refractivity (Wildman–Crippen MR) is 120 cm³/mol. The Balaban J connectivity index is 2.15. The Labute approximate surface area is 196 Å². The highest BCUT2D eigenvalue weighted by Crippen LogP contribution is 2.40. The predicted octanol–water partition coefficient (Wildman–Crippen LogP) is 1.02. The van der Waals surface area contributed by atoms with Gasteiger partial charge in [-0.1, -0.05) is 35.6 Å². The van der Waals surface area contributed by atoms with E-state index in [1.807, 2.05) is 14.1 Å². The van der Waals surface area contributed by atoms with E-state index in [0.29, 0.717) is 17.7 Å². The van der Waals surface area contributed by atoms with E-state index >= 15 is 0 Å². The van der Waals surface area contributed by atoms with Gasteiger partial charge < -0.3 is 19.6 Å². The summed E-state index contributed by atoms with van der Waals surface area (Å²) in [6, 6.07) is 8.93. The first-order chi connectivity index (χ1) is 15.6. The van der Waals surface area contributed by atoms with Crippen molar-refractivity contribution in [2.45, 2.75) is 12.5 Å². The molecule has 0 saturated carbocycles. The van der Waals surface area contributed by atoms with Gasteiger partial charge in [0.2, 0.25) is 5.78 Å². The average Bonchev–Trinajstić information content (AvgIpc) is 3.03. The third-order valence-corrected chi connectivity index (χ3v) is 5.71. The second-order valence-corrected chi connectivity index (χ2v) is 8.39. The molecule has 10 heteroatoms. The average molecular weight is 474 g/mol. The minimum Gasteiger partial charge on any atom is -0.872 e. The number of hydrogen-bond donors (Lipinski definition) is 1. The van der Waals surface area contributed by atoms with E-state index in [1.165, 1.54) is 48.4 Å². The van der Waals surface area contributed by atoms with Crippen molar-refractivity contribution in [3.63, 3.8) is 0 Å². The van der Waals surface area contributed by atoms with Crippen molar-refractivity contribution in [2.75, 3.05) is 34.3 Å². The van der Waals surface area contributed by atoms with Crippen LogP contribution in [0.2, 0.25) is 5.02 Å². The lowest BCUT2D eigenvalue weighted by molar-refractivity contribution is -0.858. The summed E-state index contributed by atoms with van der Waals surface area (Å²) >= 11 is 6.16. The Hall–Kier alpha value is -3.43. The molecular formula is C23H24ClN3O6. The number of carbonyl (C=O) groups excluding carboxylic acids is 2. The van der Waals surface area contributed by atoms with Crippen molar-refractivity contribution < 1.29 is 29.3 Å². The van der Waals surface area contributed by atoms with Crippen LogP contribution in [0, 0.1) is 10.1 Å². The number of hydrogen-bond acceptors (Lipinski definition) is 6. The van der Waals surface area contributed by atoms with Crippen LogP contribution >= 0.6 is 11.6 Å². The molecule has 1 unspecified atom stereocenters. The summed E-state index contributed by atoms with van der Waals surface area (Å²) < 4.78 is 5.10. The van der Waals surface area contributed by atoms with Crippen LogP contribution in [0.4, 0.5) is 5.69 Å². The van der Waals surface area contributed by atoms with Crippen LogP contribution in [0.15, 0.2) is 48.0 Å². The standard InChI is InChI=1S/C23H24ClN3O6/c1-25(2)10-5-11-26-20(14-6-4-7-16(12-14)27(31)32)19(22(29)23(26)30)21(28)15-8-9-18(33-3)17(24)13-15/h4,6-9,12-13,20,28H,5,10-11H2,1-3H3/b21-19+. The second kappa shape index (κ2) is 10.0. The summed E-state index contributed by atoms with van der Waals surface area (Å²) in [6.07, 6.45) is 0.586. The number of nitrogens with zero attached hydrogens (tertiary/aromatic N) is 2. The summed E-state index contributed by atoms with van der Waals surface area (Å²) in [4.78, 5) is 39.1. The number of nitrogens with one attached hydrogen (secondary N) is 1. The number of rotatable bonds is 8. The molecule has 1 aliphatic heterocycles. The molecule has 0 radical (unpaired) electrons. The third kappa shape index (κ3) is 4.99. The van der Waals surface area contributed by atoms with Gasteiger partial charge in [-0.2, -0.15) is 0 Å². The van der Waals surface area contributed by atoms with Crippen LogP contribution in [-0.4, -0.2) is 55.8 Å². The van der Waals surface area contributed by atoms with Gasteiger partial charge >= 0.3 is 0 Å². The van der Waals surface area contributed by atoms with E-state index in [9.17, 15) is 24.8 Å². The van der Waals surface area contributed by atoms with E-state index in [1.54, 1.807) is 6.07 Å². The number of methoxy groups -OCH3 is 1. The molecule has 1 atom stereocenters. The maximum absolute atomic E-state index is 13.4. The molecule has 1 aliphatic rings. The molecule has 0 bridgehead atoms. The van der Waals surface area contributed by atoms with Crippen molar-refractivity contribution in [1.29, 1.82) is 0 Å². The molecule has 174 valence electrons. The molecule has 1 heterocycles. The molecule has 2 aromatic carbocycles. The number of Topliss-reactive ketones (excluding diaryl/α,β-unsaturated/α-hetero) is 1. The lowest BCUT2D eigenvalue weighted by Crippen LogP contribution is -3.05. The molecule has 1 amide bonds. The number of likely N-dealkylation sites (tertiary alicyclic amines) is 1. The normalized spacial score (nSPS) is 17.6. The van der Waals surface area contributed by atoms with Gasteiger partial charge in [-0.25, -0.2) is 0 Å². The van der Waals surface area contributed by atoms with Gasteiger partial charge in [0.05, 0.1) is 43.7 Å². The maximum Gasteiger partial charge on any atom is 0.295 e. The number of halogens is 1. The largest absolute Gasteiger partial charge is 0.872 e. The molecule has 9 nitrogen and oxygen atoms in total. The first kappa shape index (κ1) is 24.2. The minimum absolute atomic E-state index is 0.118.